The topological polar surface area (TPSA) is 53.4 Å². The van der Waals surface area contributed by atoms with Crippen molar-refractivity contribution in [2.45, 2.75) is 25.3 Å². The van der Waals surface area contributed by atoms with Gasteiger partial charge in [0, 0.05) is 44.3 Å². The molecule has 2 aromatic rings. The average molecular weight is 353 g/mol. The lowest BCUT2D eigenvalue weighted by molar-refractivity contribution is -0.143. The summed E-state index contributed by atoms with van der Waals surface area (Å²) >= 11 is 0. The highest BCUT2D eigenvalue weighted by Crippen LogP contribution is 2.30. The van der Waals surface area contributed by atoms with Crippen molar-refractivity contribution in [1.82, 2.24) is 20.0 Å². The van der Waals surface area contributed by atoms with Crippen LogP contribution in [0.4, 0.5) is 5.69 Å². The summed E-state index contributed by atoms with van der Waals surface area (Å²) in [5.74, 6) is 0.229. The molecule has 6 heteroatoms. The van der Waals surface area contributed by atoms with E-state index < -0.39 is 5.54 Å². The Morgan fingerprint density at radius 2 is 1.81 bits per heavy atom. The molecule has 3 heterocycles. The minimum absolute atomic E-state index is 0.229. The Hall–Kier alpha value is -2.34. The van der Waals surface area contributed by atoms with Crippen LogP contribution in [0.2, 0.25) is 0 Å². The first-order chi connectivity index (χ1) is 12.7. The lowest BCUT2D eigenvalue weighted by Gasteiger charge is -2.43. The number of aryl methyl sites for hydroxylation is 1. The van der Waals surface area contributed by atoms with Gasteiger partial charge < -0.3 is 15.1 Å². The first-order valence-corrected chi connectivity index (χ1v) is 9.51. The van der Waals surface area contributed by atoms with E-state index in [2.05, 4.69) is 46.5 Å². The fourth-order valence-electron chi connectivity index (χ4n) is 4.27. The van der Waals surface area contributed by atoms with Crippen LogP contribution in [-0.2, 0) is 10.3 Å². The number of piperidine rings is 1. The molecule has 0 aliphatic carbocycles. The van der Waals surface area contributed by atoms with Crippen molar-refractivity contribution in [2.24, 2.45) is 0 Å². The normalized spacial score (nSPS) is 20.2. The van der Waals surface area contributed by atoms with Gasteiger partial charge in [0.05, 0.1) is 0 Å². The van der Waals surface area contributed by atoms with Crippen molar-refractivity contribution in [3.63, 3.8) is 0 Å². The molecule has 2 aliphatic heterocycles. The van der Waals surface area contributed by atoms with E-state index in [1.54, 1.807) is 6.20 Å². The Morgan fingerprint density at radius 1 is 1.08 bits per heavy atom. The van der Waals surface area contributed by atoms with Crippen LogP contribution in [0, 0.1) is 6.92 Å². The summed E-state index contributed by atoms with van der Waals surface area (Å²) < 4.78 is 1.89. The SMILES string of the molecule is Cc1ccccc1N1CCN(C(=O)C2(n3cccn3)CCNCC2)CC1. The smallest absolute Gasteiger partial charge is 0.250 e. The van der Waals surface area contributed by atoms with E-state index in [9.17, 15) is 4.79 Å². The monoisotopic (exact) mass is 353 g/mol. The van der Waals surface area contributed by atoms with Gasteiger partial charge in [-0.25, -0.2) is 0 Å². The molecule has 0 saturated carbocycles. The molecule has 0 radical (unpaired) electrons. The quantitative estimate of drug-likeness (QED) is 0.911. The van der Waals surface area contributed by atoms with Gasteiger partial charge in [0.15, 0.2) is 0 Å². The predicted molar refractivity (Wildman–Crippen MR) is 102 cm³/mol. The second kappa shape index (κ2) is 7.11. The molecule has 0 unspecified atom stereocenters. The zero-order valence-corrected chi connectivity index (χ0v) is 15.4. The number of rotatable bonds is 3. The number of hydrogen-bond donors (Lipinski definition) is 1. The molecule has 1 N–H and O–H groups in total. The molecule has 1 aromatic carbocycles. The molecule has 138 valence electrons. The number of amides is 1. The number of nitrogens with zero attached hydrogens (tertiary/aromatic N) is 4. The minimum atomic E-state index is -0.528. The van der Waals surface area contributed by atoms with Crippen molar-refractivity contribution in [2.75, 3.05) is 44.2 Å². The number of benzene rings is 1. The Morgan fingerprint density at radius 3 is 2.46 bits per heavy atom. The van der Waals surface area contributed by atoms with Crippen molar-refractivity contribution >= 4 is 11.6 Å². The first kappa shape index (κ1) is 17.1. The van der Waals surface area contributed by atoms with Gasteiger partial charge in [0.2, 0.25) is 0 Å². The van der Waals surface area contributed by atoms with E-state index in [-0.39, 0.29) is 5.91 Å². The number of hydrogen-bond acceptors (Lipinski definition) is 4. The van der Waals surface area contributed by atoms with E-state index in [4.69, 9.17) is 0 Å². The molecule has 0 bridgehead atoms. The van der Waals surface area contributed by atoms with Gasteiger partial charge in [0.25, 0.3) is 5.91 Å². The van der Waals surface area contributed by atoms with E-state index in [0.717, 1.165) is 52.1 Å². The van der Waals surface area contributed by atoms with Crippen molar-refractivity contribution in [3.05, 3.63) is 48.3 Å². The Bertz CT molecular complexity index is 743. The minimum Gasteiger partial charge on any atom is -0.368 e. The summed E-state index contributed by atoms with van der Waals surface area (Å²) in [6, 6.07) is 10.4. The number of carbonyl (C=O) groups is 1. The van der Waals surface area contributed by atoms with Gasteiger partial charge in [-0.1, -0.05) is 18.2 Å². The van der Waals surface area contributed by atoms with Gasteiger partial charge >= 0.3 is 0 Å². The van der Waals surface area contributed by atoms with E-state index >= 15 is 0 Å². The molecule has 2 aliphatic rings. The summed E-state index contributed by atoms with van der Waals surface area (Å²) in [4.78, 5) is 17.9. The second-order valence-electron chi connectivity index (χ2n) is 7.30. The maximum atomic E-state index is 13.5. The molecule has 6 nitrogen and oxygen atoms in total. The van der Waals surface area contributed by atoms with Crippen LogP contribution in [0.1, 0.15) is 18.4 Å². The zero-order valence-electron chi connectivity index (χ0n) is 15.4. The lowest BCUT2D eigenvalue weighted by Crippen LogP contribution is -2.59. The number of carbonyl (C=O) groups excluding carboxylic acids is 1. The van der Waals surface area contributed by atoms with Crippen LogP contribution < -0.4 is 10.2 Å². The molecule has 26 heavy (non-hydrogen) atoms. The van der Waals surface area contributed by atoms with E-state index in [1.165, 1.54) is 11.3 Å². The molecule has 2 saturated heterocycles. The highest BCUT2D eigenvalue weighted by Gasteiger charge is 2.44. The fraction of sp³-hybridized carbons (Fsp3) is 0.500. The van der Waals surface area contributed by atoms with Gasteiger partial charge in [-0.2, -0.15) is 5.10 Å². The van der Waals surface area contributed by atoms with Crippen molar-refractivity contribution < 1.29 is 4.79 Å². The number of anilines is 1. The molecule has 1 amide bonds. The molecule has 0 atom stereocenters. The molecule has 4 rings (SSSR count). The summed E-state index contributed by atoms with van der Waals surface area (Å²) in [6.45, 7) is 7.15. The number of para-hydroxylation sites is 1. The highest BCUT2D eigenvalue weighted by molar-refractivity contribution is 5.85. The third-order valence-electron chi connectivity index (χ3n) is 5.79. The second-order valence-corrected chi connectivity index (χ2v) is 7.30. The largest absolute Gasteiger partial charge is 0.368 e. The number of piperazine rings is 1. The maximum absolute atomic E-state index is 13.5. The number of aromatic nitrogens is 2. The first-order valence-electron chi connectivity index (χ1n) is 9.51. The van der Waals surface area contributed by atoms with Crippen LogP contribution in [-0.4, -0.2) is 59.9 Å². The number of nitrogens with one attached hydrogen (secondary N) is 1. The van der Waals surface area contributed by atoms with Crippen LogP contribution >= 0.6 is 0 Å². The lowest BCUT2D eigenvalue weighted by atomic mass is 9.86. The van der Waals surface area contributed by atoms with Gasteiger partial charge in [0.1, 0.15) is 5.54 Å². The zero-order chi connectivity index (χ0) is 18.0. The summed E-state index contributed by atoms with van der Waals surface area (Å²) in [5.41, 5.74) is 2.04. The van der Waals surface area contributed by atoms with Gasteiger partial charge in [-0.3, -0.25) is 9.48 Å². The Balaban J connectivity index is 1.49. The maximum Gasteiger partial charge on any atom is 0.250 e. The molecule has 1 aromatic heterocycles. The van der Waals surface area contributed by atoms with E-state index in [0.29, 0.717) is 0 Å². The average Bonchev–Trinajstić information content (AvgIpc) is 3.24. The molecule has 0 spiro atoms. The third kappa shape index (κ3) is 2.98. The summed E-state index contributed by atoms with van der Waals surface area (Å²) in [6.07, 6.45) is 5.30. The predicted octanol–water partition coefficient (Wildman–Crippen LogP) is 1.62. The molecule has 2 fully saturated rings. The van der Waals surface area contributed by atoms with Crippen LogP contribution in [0.3, 0.4) is 0 Å². The summed E-state index contributed by atoms with van der Waals surface area (Å²) in [5, 5.41) is 7.81. The standard InChI is InChI=1S/C20H27N5O/c1-17-5-2-3-6-18(17)23-13-15-24(16-14-23)19(26)20(7-10-21-11-8-20)25-12-4-9-22-25/h2-6,9,12,21H,7-8,10-11,13-16H2,1H3. The van der Waals surface area contributed by atoms with Gasteiger partial charge in [-0.15, -0.1) is 0 Å². The highest BCUT2D eigenvalue weighted by atomic mass is 16.2. The Kier molecular flexibility index (Phi) is 4.68. The van der Waals surface area contributed by atoms with Crippen LogP contribution in [0.5, 0.6) is 0 Å². The molecular formula is C20H27N5O. The molecular weight excluding hydrogens is 326 g/mol. The Labute approximate surface area is 154 Å². The van der Waals surface area contributed by atoms with E-state index in [1.807, 2.05) is 21.8 Å². The fourth-order valence-corrected chi connectivity index (χ4v) is 4.27. The summed E-state index contributed by atoms with van der Waals surface area (Å²) in [7, 11) is 0. The van der Waals surface area contributed by atoms with Crippen molar-refractivity contribution in [3.8, 4) is 0 Å². The van der Waals surface area contributed by atoms with Gasteiger partial charge in [-0.05, 0) is 50.6 Å². The van der Waals surface area contributed by atoms with Crippen molar-refractivity contribution in [1.29, 1.82) is 0 Å². The van der Waals surface area contributed by atoms with Crippen LogP contribution in [0.15, 0.2) is 42.7 Å². The van der Waals surface area contributed by atoms with Crippen LogP contribution in [0.25, 0.3) is 0 Å². The third-order valence-corrected chi connectivity index (χ3v) is 5.79.